The average molecular weight is 275 g/mol. The van der Waals surface area contributed by atoms with E-state index in [1.165, 1.54) is 4.57 Å². The van der Waals surface area contributed by atoms with Gasteiger partial charge in [-0.1, -0.05) is 0 Å². The maximum absolute atomic E-state index is 11.8. The van der Waals surface area contributed by atoms with Gasteiger partial charge in [-0.25, -0.2) is 18.5 Å². The Balaban J connectivity index is 2.54. The third-order valence-electron chi connectivity index (χ3n) is 1.52. The van der Waals surface area contributed by atoms with Gasteiger partial charge in [0.1, 0.15) is 0 Å². The van der Waals surface area contributed by atoms with Crippen LogP contribution in [0.25, 0.3) is 0 Å². The van der Waals surface area contributed by atoms with Gasteiger partial charge >= 0.3 is 5.51 Å². The van der Waals surface area contributed by atoms with Crippen LogP contribution in [0.1, 0.15) is 0 Å². The molecule has 0 saturated carbocycles. The Morgan fingerprint density at radius 1 is 1.50 bits per heavy atom. The summed E-state index contributed by atoms with van der Waals surface area (Å²) < 4.78 is 58.2. The third kappa shape index (κ3) is 4.41. The van der Waals surface area contributed by atoms with Crippen molar-refractivity contribution in [3.8, 4) is 0 Å². The Morgan fingerprint density at radius 2 is 2.12 bits per heavy atom. The minimum Gasteiger partial charge on any atom is -0.335 e. The zero-order chi connectivity index (χ0) is 12.4. The zero-order valence-electron chi connectivity index (χ0n) is 7.81. The quantitative estimate of drug-likeness (QED) is 0.881. The van der Waals surface area contributed by atoms with Crippen molar-refractivity contribution in [3.05, 3.63) is 12.5 Å². The molecule has 92 valence electrons. The van der Waals surface area contributed by atoms with Crippen LogP contribution in [0.4, 0.5) is 13.2 Å². The molecule has 0 aliphatic heterocycles. The summed E-state index contributed by atoms with van der Waals surface area (Å²) in [5, 5.41) is 4.42. The molecule has 1 aromatic rings. The predicted molar refractivity (Wildman–Crippen MR) is 52.1 cm³/mol. The van der Waals surface area contributed by atoms with E-state index in [1.54, 1.807) is 0 Å². The summed E-state index contributed by atoms with van der Waals surface area (Å²) in [7, 11) is -3.90. The van der Waals surface area contributed by atoms with E-state index in [1.807, 2.05) is 0 Å². The van der Waals surface area contributed by atoms with Crippen LogP contribution >= 0.6 is 11.8 Å². The van der Waals surface area contributed by atoms with Crippen LogP contribution in [0.2, 0.25) is 0 Å². The van der Waals surface area contributed by atoms with Gasteiger partial charge < -0.3 is 4.57 Å². The van der Waals surface area contributed by atoms with Crippen molar-refractivity contribution in [1.82, 2.24) is 9.55 Å². The summed E-state index contributed by atoms with van der Waals surface area (Å²) in [6, 6.07) is 0. The second-order valence-corrected chi connectivity index (χ2v) is 5.46. The fourth-order valence-electron chi connectivity index (χ4n) is 0.876. The second-order valence-electron chi connectivity index (χ2n) is 2.79. The van der Waals surface area contributed by atoms with Crippen molar-refractivity contribution in [3.63, 3.8) is 0 Å². The molecule has 0 aromatic carbocycles. The SMILES string of the molecule is NS(=O)(=O)c1cn(CCSC(F)(F)F)cn1. The van der Waals surface area contributed by atoms with Crippen molar-refractivity contribution in [2.45, 2.75) is 17.1 Å². The van der Waals surface area contributed by atoms with Crippen LogP contribution in [0.3, 0.4) is 0 Å². The van der Waals surface area contributed by atoms with E-state index >= 15 is 0 Å². The van der Waals surface area contributed by atoms with Crippen LogP contribution in [-0.2, 0) is 16.6 Å². The number of nitrogens with two attached hydrogens (primary N) is 1. The fraction of sp³-hybridized carbons (Fsp3) is 0.500. The van der Waals surface area contributed by atoms with Crippen LogP contribution in [0, 0.1) is 0 Å². The molecule has 0 saturated heterocycles. The van der Waals surface area contributed by atoms with Gasteiger partial charge in [-0.05, 0) is 11.8 Å². The summed E-state index contributed by atoms with van der Waals surface area (Å²) in [5.41, 5.74) is -4.29. The number of alkyl halides is 3. The van der Waals surface area contributed by atoms with Crippen molar-refractivity contribution in [1.29, 1.82) is 0 Å². The minimum absolute atomic E-state index is 0.00664. The van der Waals surface area contributed by atoms with E-state index in [9.17, 15) is 21.6 Å². The molecule has 0 bridgehead atoms. The van der Waals surface area contributed by atoms with Crippen LogP contribution in [0.15, 0.2) is 17.6 Å². The summed E-state index contributed by atoms with van der Waals surface area (Å²) in [6.45, 7) is 0.00664. The lowest BCUT2D eigenvalue weighted by molar-refractivity contribution is -0.0328. The Morgan fingerprint density at radius 3 is 2.56 bits per heavy atom. The fourth-order valence-corrected chi connectivity index (χ4v) is 1.89. The smallest absolute Gasteiger partial charge is 0.335 e. The van der Waals surface area contributed by atoms with Gasteiger partial charge in [-0.2, -0.15) is 13.2 Å². The molecule has 16 heavy (non-hydrogen) atoms. The number of imidazole rings is 1. The number of hydrogen-bond donors (Lipinski definition) is 1. The number of halogens is 3. The molecule has 5 nitrogen and oxygen atoms in total. The topological polar surface area (TPSA) is 78.0 Å². The van der Waals surface area contributed by atoms with E-state index in [2.05, 4.69) is 4.98 Å². The summed E-state index contributed by atoms with van der Waals surface area (Å²) >= 11 is -0.184. The van der Waals surface area contributed by atoms with Gasteiger partial charge in [-0.3, -0.25) is 0 Å². The number of aromatic nitrogens is 2. The highest BCUT2D eigenvalue weighted by molar-refractivity contribution is 8.00. The van der Waals surface area contributed by atoms with Gasteiger partial charge in [0.15, 0.2) is 5.03 Å². The first kappa shape index (κ1) is 13.3. The van der Waals surface area contributed by atoms with E-state index in [0.717, 1.165) is 12.5 Å². The Labute approximate surface area is 93.9 Å². The first-order valence-corrected chi connectivity index (χ1v) is 6.47. The molecule has 0 amide bonds. The molecule has 0 fully saturated rings. The largest absolute Gasteiger partial charge is 0.441 e. The van der Waals surface area contributed by atoms with E-state index < -0.39 is 15.5 Å². The van der Waals surface area contributed by atoms with Crippen LogP contribution < -0.4 is 5.14 Å². The number of thioether (sulfide) groups is 1. The molecular weight excluding hydrogens is 267 g/mol. The lowest BCUT2D eigenvalue weighted by Gasteiger charge is -2.05. The highest BCUT2D eigenvalue weighted by Crippen LogP contribution is 2.29. The minimum atomic E-state index is -4.29. The predicted octanol–water partition coefficient (Wildman–Crippen LogP) is 0.784. The van der Waals surface area contributed by atoms with E-state index in [-0.39, 0.29) is 29.1 Å². The van der Waals surface area contributed by atoms with Crippen LogP contribution in [0.5, 0.6) is 0 Å². The van der Waals surface area contributed by atoms with Crippen molar-refractivity contribution in [2.24, 2.45) is 5.14 Å². The normalized spacial score (nSPS) is 13.0. The molecule has 0 aliphatic rings. The molecule has 0 unspecified atom stereocenters. The molecule has 1 rings (SSSR count). The molecule has 0 atom stereocenters. The standard InChI is InChI=1S/C6H8F3N3O2S2/c7-6(8,9)15-2-1-12-3-5(11-4-12)16(10,13)14/h3-4H,1-2H2,(H2,10,13,14). The number of primary sulfonamides is 1. The maximum atomic E-state index is 11.8. The molecule has 1 heterocycles. The van der Waals surface area contributed by atoms with Gasteiger partial charge in [0.05, 0.1) is 6.33 Å². The number of hydrogen-bond acceptors (Lipinski definition) is 4. The molecule has 0 radical (unpaired) electrons. The molecule has 0 aliphatic carbocycles. The zero-order valence-corrected chi connectivity index (χ0v) is 9.44. The maximum Gasteiger partial charge on any atom is 0.441 e. The van der Waals surface area contributed by atoms with E-state index in [0.29, 0.717) is 0 Å². The van der Waals surface area contributed by atoms with E-state index in [4.69, 9.17) is 5.14 Å². The second kappa shape index (κ2) is 4.63. The Bertz CT molecular complexity index is 454. The van der Waals surface area contributed by atoms with Gasteiger partial charge in [-0.15, -0.1) is 0 Å². The monoisotopic (exact) mass is 275 g/mol. The lowest BCUT2D eigenvalue weighted by atomic mass is 10.7. The molecule has 1 aromatic heterocycles. The van der Waals surface area contributed by atoms with Gasteiger partial charge in [0.25, 0.3) is 10.0 Å². The Hall–Kier alpha value is -0.740. The number of sulfonamides is 1. The molecule has 10 heteroatoms. The highest BCUT2D eigenvalue weighted by atomic mass is 32.2. The number of rotatable bonds is 4. The third-order valence-corrected chi connectivity index (χ3v) is 3.02. The number of nitrogens with zero attached hydrogens (tertiary/aromatic N) is 2. The first-order valence-electron chi connectivity index (χ1n) is 3.94. The van der Waals surface area contributed by atoms with Crippen molar-refractivity contribution in [2.75, 3.05) is 5.75 Å². The summed E-state index contributed by atoms with van der Waals surface area (Å²) in [4.78, 5) is 3.46. The van der Waals surface area contributed by atoms with Crippen LogP contribution in [-0.4, -0.2) is 29.2 Å². The average Bonchev–Trinajstić information content (AvgIpc) is 2.49. The first-order chi connectivity index (χ1) is 7.18. The molecule has 2 N–H and O–H groups in total. The summed E-state index contributed by atoms with van der Waals surface area (Å²) in [6.07, 6.45) is 2.21. The number of aryl methyl sites for hydroxylation is 1. The van der Waals surface area contributed by atoms with Gasteiger partial charge in [0, 0.05) is 18.5 Å². The van der Waals surface area contributed by atoms with Crippen molar-refractivity contribution >= 4 is 21.8 Å². The van der Waals surface area contributed by atoms with Crippen molar-refractivity contribution < 1.29 is 21.6 Å². The Kier molecular flexibility index (Phi) is 3.86. The molecule has 0 spiro atoms. The lowest BCUT2D eigenvalue weighted by Crippen LogP contribution is -2.12. The summed E-state index contributed by atoms with van der Waals surface area (Å²) in [5.74, 6) is -0.218. The highest BCUT2D eigenvalue weighted by Gasteiger charge is 2.27. The van der Waals surface area contributed by atoms with Gasteiger partial charge in [0.2, 0.25) is 0 Å². The molecular formula is C6H8F3N3O2S2.